The summed E-state index contributed by atoms with van der Waals surface area (Å²) in [6.45, 7) is 1.97. The molecule has 0 bridgehead atoms. The molecular formula is C21H17BrN4O2S. The van der Waals surface area contributed by atoms with Crippen molar-refractivity contribution in [3.05, 3.63) is 82.8 Å². The van der Waals surface area contributed by atoms with Crippen molar-refractivity contribution in [2.45, 2.75) is 16.8 Å². The van der Waals surface area contributed by atoms with Crippen LogP contribution in [0.4, 0.5) is 5.69 Å². The zero-order valence-corrected chi connectivity index (χ0v) is 17.9. The van der Waals surface area contributed by atoms with E-state index >= 15 is 0 Å². The van der Waals surface area contributed by atoms with Crippen LogP contribution in [-0.4, -0.2) is 23.4 Å². The van der Waals surface area contributed by atoms with E-state index in [2.05, 4.69) is 26.2 Å². The van der Waals surface area contributed by atoms with Gasteiger partial charge in [-0.2, -0.15) is 0 Å². The highest BCUT2D eigenvalue weighted by atomic mass is 79.9. The van der Waals surface area contributed by atoms with Crippen LogP contribution in [0, 0.1) is 6.92 Å². The van der Waals surface area contributed by atoms with Crippen LogP contribution < -0.4 is 5.73 Å². The average molecular weight is 469 g/mol. The molecule has 8 heteroatoms. The fourth-order valence-corrected chi connectivity index (χ4v) is 5.29. The molecule has 1 aromatic heterocycles. The van der Waals surface area contributed by atoms with E-state index in [1.54, 1.807) is 48.5 Å². The van der Waals surface area contributed by atoms with E-state index in [1.165, 1.54) is 4.68 Å². The quantitative estimate of drug-likeness (QED) is 0.447. The van der Waals surface area contributed by atoms with Crippen LogP contribution >= 0.6 is 15.9 Å². The van der Waals surface area contributed by atoms with Crippen molar-refractivity contribution in [2.24, 2.45) is 0 Å². The molecule has 146 valence electrons. The van der Waals surface area contributed by atoms with Crippen LogP contribution in [-0.2, 0) is 9.84 Å². The molecule has 0 fully saturated rings. The third kappa shape index (κ3) is 3.56. The van der Waals surface area contributed by atoms with E-state index in [1.807, 2.05) is 31.2 Å². The van der Waals surface area contributed by atoms with Crippen molar-refractivity contribution in [2.75, 3.05) is 5.73 Å². The molecule has 0 aliphatic carbocycles. The van der Waals surface area contributed by atoms with Gasteiger partial charge in [-0.3, -0.25) is 0 Å². The molecule has 0 atom stereocenters. The van der Waals surface area contributed by atoms with Gasteiger partial charge in [0.2, 0.25) is 14.9 Å². The fraction of sp³-hybridized carbons (Fsp3) is 0.0476. The number of hydrogen-bond acceptors (Lipinski definition) is 5. The van der Waals surface area contributed by atoms with Gasteiger partial charge in [0.25, 0.3) is 0 Å². The Kier molecular flexibility index (Phi) is 4.97. The summed E-state index contributed by atoms with van der Waals surface area (Å²) < 4.78 is 28.9. The number of benzene rings is 3. The first-order valence-electron chi connectivity index (χ1n) is 8.76. The lowest BCUT2D eigenvalue weighted by atomic mass is 10.1. The number of nitrogens with two attached hydrogens (primary N) is 1. The first-order valence-corrected chi connectivity index (χ1v) is 11.0. The smallest absolute Gasteiger partial charge is 0.229 e. The Hall–Kier alpha value is -2.97. The minimum atomic E-state index is -3.92. The van der Waals surface area contributed by atoms with Crippen LogP contribution in [0.5, 0.6) is 0 Å². The van der Waals surface area contributed by atoms with E-state index in [9.17, 15) is 8.42 Å². The van der Waals surface area contributed by atoms with Gasteiger partial charge in [-0.1, -0.05) is 47.2 Å². The summed E-state index contributed by atoms with van der Waals surface area (Å²) in [7, 11) is -3.92. The number of sulfone groups is 1. The zero-order valence-electron chi connectivity index (χ0n) is 15.4. The van der Waals surface area contributed by atoms with Crippen molar-refractivity contribution >= 4 is 31.5 Å². The van der Waals surface area contributed by atoms with Crippen LogP contribution in [0.25, 0.3) is 16.9 Å². The molecule has 4 aromatic rings. The van der Waals surface area contributed by atoms with Gasteiger partial charge >= 0.3 is 0 Å². The molecular weight excluding hydrogens is 452 g/mol. The monoisotopic (exact) mass is 468 g/mol. The van der Waals surface area contributed by atoms with Crippen molar-refractivity contribution < 1.29 is 8.42 Å². The van der Waals surface area contributed by atoms with Gasteiger partial charge in [0.05, 0.1) is 10.6 Å². The van der Waals surface area contributed by atoms with Crippen molar-refractivity contribution in [1.29, 1.82) is 0 Å². The van der Waals surface area contributed by atoms with Crippen LogP contribution in [0.3, 0.4) is 0 Å². The van der Waals surface area contributed by atoms with Crippen LogP contribution in [0.15, 0.2) is 87.2 Å². The van der Waals surface area contributed by atoms with E-state index in [0.29, 0.717) is 27.1 Å². The fourth-order valence-electron chi connectivity index (χ4n) is 2.97. The normalized spacial score (nSPS) is 11.5. The van der Waals surface area contributed by atoms with Gasteiger partial charge in [-0.25, -0.2) is 13.1 Å². The second-order valence-corrected chi connectivity index (χ2v) is 9.23. The van der Waals surface area contributed by atoms with Crippen molar-refractivity contribution in [3.63, 3.8) is 0 Å². The molecule has 0 spiro atoms. The van der Waals surface area contributed by atoms with E-state index in [0.717, 1.165) is 5.56 Å². The molecule has 0 unspecified atom stereocenters. The summed E-state index contributed by atoms with van der Waals surface area (Å²) >= 11 is 3.33. The van der Waals surface area contributed by atoms with E-state index in [-0.39, 0.29) is 9.92 Å². The summed E-state index contributed by atoms with van der Waals surface area (Å²) in [5.74, 6) is 0. The average Bonchev–Trinajstić information content (AvgIpc) is 3.15. The number of aryl methyl sites for hydroxylation is 1. The van der Waals surface area contributed by atoms with Crippen molar-refractivity contribution in [3.8, 4) is 16.9 Å². The first kappa shape index (κ1) is 19.4. The molecule has 29 heavy (non-hydrogen) atoms. The molecule has 4 rings (SSSR count). The molecule has 6 nitrogen and oxygen atoms in total. The molecule has 0 saturated carbocycles. The van der Waals surface area contributed by atoms with Gasteiger partial charge in [-0.05, 0) is 59.3 Å². The van der Waals surface area contributed by atoms with Crippen LogP contribution in [0.1, 0.15) is 5.56 Å². The van der Waals surface area contributed by atoms with Crippen LogP contribution in [0.2, 0.25) is 0 Å². The minimum absolute atomic E-state index is 0.106. The number of nitrogens with zero attached hydrogens (tertiary/aromatic N) is 3. The van der Waals surface area contributed by atoms with Gasteiger partial charge in [0.1, 0.15) is 5.69 Å². The van der Waals surface area contributed by atoms with Crippen molar-refractivity contribution in [1.82, 2.24) is 15.0 Å². The second-order valence-electron chi connectivity index (χ2n) is 6.55. The third-order valence-electron chi connectivity index (χ3n) is 4.48. The molecule has 0 radical (unpaired) electrons. The van der Waals surface area contributed by atoms with E-state index in [4.69, 9.17) is 5.73 Å². The van der Waals surface area contributed by atoms with Gasteiger partial charge in [0.15, 0.2) is 0 Å². The molecule has 0 saturated heterocycles. The molecule has 2 N–H and O–H groups in total. The summed E-state index contributed by atoms with van der Waals surface area (Å²) in [6.07, 6.45) is 0. The highest BCUT2D eigenvalue weighted by molar-refractivity contribution is 9.10. The summed E-state index contributed by atoms with van der Waals surface area (Å²) in [5.41, 5.74) is 9.21. The number of aromatic nitrogens is 3. The maximum atomic E-state index is 13.4. The first-order chi connectivity index (χ1) is 13.9. The second kappa shape index (κ2) is 7.46. The van der Waals surface area contributed by atoms with E-state index < -0.39 is 9.84 Å². The predicted molar refractivity (Wildman–Crippen MR) is 116 cm³/mol. The Morgan fingerprint density at radius 1 is 0.931 bits per heavy atom. The Bertz CT molecular complexity index is 1280. The predicted octanol–water partition coefficient (Wildman–Crippen LogP) is 4.42. The standard InChI is InChI=1S/C21H17BrN4O2S/c1-14-6-8-15(9-7-14)20-21(29(27,28)19-5-3-2-4-18(19)22)24-25-26(20)17-12-10-16(23)11-13-17/h2-13H,23H2,1H3. The summed E-state index contributed by atoms with van der Waals surface area (Å²) in [6, 6.07) is 21.2. The molecule has 0 amide bonds. The molecule has 0 aliphatic heterocycles. The summed E-state index contributed by atoms with van der Waals surface area (Å²) in [4.78, 5) is 0.137. The lowest BCUT2D eigenvalue weighted by molar-refractivity contribution is 0.591. The highest BCUT2D eigenvalue weighted by Gasteiger charge is 2.30. The van der Waals surface area contributed by atoms with Gasteiger partial charge < -0.3 is 5.73 Å². The number of rotatable bonds is 4. The maximum Gasteiger partial charge on any atom is 0.229 e. The number of nitrogen functional groups attached to an aromatic ring is 1. The lowest BCUT2D eigenvalue weighted by Crippen LogP contribution is -2.06. The molecule has 0 aliphatic rings. The lowest BCUT2D eigenvalue weighted by Gasteiger charge is -2.10. The number of halogens is 1. The molecule has 3 aromatic carbocycles. The highest BCUT2D eigenvalue weighted by Crippen LogP contribution is 2.34. The van der Waals surface area contributed by atoms with Gasteiger partial charge in [-0.15, -0.1) is 5.10 Å². The Morgan fingerprint density at radius 3 is 2.24 bits per heavy atom. The third-order valence-corrected chi connectivity index (χ3v) is 7.16. The number of anilines is 1. The Balaban J connectivity index is 1.99. The summed E-state index contributed by atoms with van der Waals surface area (Å²) in [5, 5.41) is 8.14. The van der Waals surface area contributed by atoms with Gasteiger partial charge in [0, 0.05) is 15.7 Å². The largest absolute Gasteiger partial charge is 0.399 e. The Labute approximate surface area is 177 Å². The maximum absolute atomic E-state index is 13.4. The Morgan fingerprint density at radius 2 is 1.59 bits per heavy atom. The number of hydrogen-bond donors (Lipinski definition) is 1. The topological polar surface area (TPSA) is 90.9 Å². The molecule has 1 heterocycles. The SMILES string of the molecule is Cc1ccc(-c2c(S(=O)(=O)c3ccccc3Br)nnn2-c2ccc(N)cc2)cc1. The zero-order chi connectivity index (χ0) is 20.6. The minimum Gasteiger partial charge on any atom is -0.399 e.